The molecule has 160 valence electrons. The molecular weight excluding hydrogens is 414 g/mol. The number of ether oxygens (including phenoxy) is 1. The average molecular weight is 438 g/mol. The van der Waals surface area contributed by atoms with Crippen LogP contribution in [0, 0.1) is 0 Å². The monoisotopic (exact) mass is 437 g/mol. The summed E-state index contributed by atoms with van der Waals surface area (Å²) in [5.41, 5.74) is 2.31. The van der Waals surface area contributed by atoms with E-state index in [1.807, 2.05) is 48.5 Å². The number of hydrogen-bond donors (Lipinski definition) is 2. The maximum absolute atomic E-state index is 12.1. The van der Waals surface area contributed by atoms with Gasteiger partial charge in [0.25, 0.3) is 0 Å². The Morgan fingerprint density at radius 1 is 0.968 bits per heavy atom. The van der Waals surface area contributed by atoms with E-state index in [1.54, 1.807) is 24.3 Å². The van der Waals surface area contributed by atoms with Gasteiger partial charge in [0.15, 0.2) is 0 Å². The number of amides is 1. The van der Waals surface area contributed by atoms with Crippen molar-refractivity contribution >= 4 is 27.7 Å². The summed E-state index contributed by atoms with van der Waals surface area (Å²) >= 11 is 0. The summed E-state index contributed by atoms with van der Waals surface area (Å²) in [4.78, 5) is 16.2. The molecule has 0 saturated heterocycles. The minimum absolute atomic E-state index is 0.00926. The van der Waals surface area contributed by atoms with Gasteiger partial charge in [-0.2, -0.15) is 0 Å². The number of rotatable bonds is 10. The van der Waals surface area contributed by atoms with Gasteiger partial charge in [-0.25, -0.2) is 18.1 Å². The van der Waals surface area contributed by atoms with E-state index in [4.69, 9.17) is 4.74 Å². The molecule has 0 aliphatic rings. The van der Waals surface area contributed by atoms with Crippen molar-refractivity contribution in [2.24, 2.45) is 0 Å². The molecule has 3 aromatic rings. The van der Waals surface area contributed by atoms with Gasteiger partial charge in [-0.1, -0.05) is 60.7 Å². The molecule has 1 heterocycles. The van der Waals surface area contributed by atoms with Crippen molar-refractivity contribution in [1.29, 1.82) is 0 Å². The molecule has 3 rings (SSSR count). The zero-order valence-electron chi connectivity index (χ0n) is 16.8. The van der Waals surface area contributed by atoms with Crippen LogP contribution < -0.4 is 14.8 Å². The van der Waals surface area contributed by atoms with E-state index in [-0.39, 0.29) is 18.9 Å². The highest BCUT2D eigenvalue weighted by molar-refractivity contribution is 7.92. The maximum Gasteiger partial charge on any atom is 0.233 e. The maximum atomic E-state index is 12.1. The number of sulfonamides is 1. The van der Waals surface area contributed by atoms with Crippen molar-refractivity contribution in [3.8, 4) is 5.88 Å². The highest BCUT2D eigenvalue weighted by atomic mass is 32.2. The van der Waals surface area contributed by atoms with Crippen LogP contribution >= 0.6 is 0 Å². The predicted molar refractivity (Wildman–Crippen MR) is 121 cm³/mol. The summed E-state index contributed by atoms with van der Waals surface area (Å²) in [6.45, 7) is 0.386. The molecule has 0 unspecified atom stereocenters. The third-order valence-electron chi connectivity index (χ3n) is 4.14. The Bertz CT molecular complexity index is 1100. The van der Waals surface area contributed by atoms with E-state index < -0.39 is 10.0 Å². The number of nitrogens with zero attached hydrogens (tertiary/aromatic N) is 1. The van der Waals surface area contributed by atoms with Gasteiger partial charge in [0.05, 0.1) is 11.9 Å². The fourth-order valence-corrected chi connectivity index (χ4v) is 3.40. The molecule has 0 bridgehead atoms. The molecule has 0 fully saturated rings. The largest absolute Gasteiger partial charge is 0.473 e. The van der Waals surface area contributed by atoms with Gasteiger partial charge in [0.1, 0.15) is 6.61 Å². The Morgan fingerprint density at radius 2 is 1.68 bits per heavy atom. The van der Waals surface area contributed by atoms with Gasteiger partial charge in [0.2, 0.25) is 21.8 Å². The van der Waals surface area contributed by atoms with Crippen molar-refractivity contribution < 1.29 is 17.9 Å². The minimum Gasteiger partial charge on any atom is -0.473 e. The molecule has 0 spiro atoms. The first kappa shape index (κ1) is 22.2. The summed E-state index contributed by atoms with van der Waals surface area (Å²) in [5, 5.41) is 3.76. The number of carbonyl (C=O) groups is 1. The lowest BCUT2D eigenvalue weighted by atomic mass is 10.2. The molecule has 31 heavy (non-hydrogen) atoms. The first-order valence-corrected chi connectivity index (χ1v) is 11.2. The van der Waals surface area contributed by atoms with Crippen molar-refractivity contribution in [2.75, 3.05) is 11.9 Å². The van der Waals surface area contributed by atoms with Gasteiger partial charge in [-0.15, -0.1) is 0 Å². The van der Waals surface area contributed by atoms with Crippen LogP contribution in [0.15, 0.2) is 84.4 Å². The van der Waals surface area contributed by atoms with Crippen molar-refractivity contribution in [3.63, 3.8) is 0 Å². The van der Waals surface area contributed by atoms with E-state index in [0.29, 0.717) is 18.2 Å². The Hall–Kier alpha value is -3.49. The third-order valence-corrected chi connectivity index (χ3v) is 5.25. The number of aromatic nitrogens is 1. The van der Waals surface area contributed by atoms with Crippen LogP contribution in [0.5, 0.6) is 5.88 Å². The second kappa shape index (κ2) is 11.1. The molecule has 2 aromatic carbocycles. The topological polar surface area (TPSA) is 97.4 Å². The molecule has 0 saturated carbocycles. The summed E-state index contributed by atoms with van der Waals surface area (Å²) in [6, 6.07) is 22.1. The first-order valence-electron chi connectivity index (χ1n) is 9.66. The molecule has 0 atom stereocenters. The molecule has 0 aliphatic heterocycles. The Morgan fingerprint density at radius 3 is 2.35 bits per heavy atom. The van der Waals surface area contributed by atoms with Crippen LogP contribution in [-0.2, 0) is 21.4 Å². The standard InChI is InChI=1S/C23H23N3O4S/c27-22(13-15-25-31(28,29)16-14-19-7-3-1-4-8-19)26-21-11-12-23(24-17-21)30-18-20-9-5-2-6-10-20/h1-12,14,16-17,25H,13,15,18H2,(H,26,27). The Kier molecular flexibility index (Phi) is 7.91. The van der Waals surface area contributed by atoms with Crippen LogP contribution in [0.4, 0.5) is 5.69 Å². The van der Waals surface area contributed by atoms with Gasteiger partial charge in [-0.3, -0.25) is 4.79 Å². The summed E-state index contributed by atoms with van der Waals surface area (Å²) in [5.74, 6) is 0.120. The zero-order valence-corrected chi connectivity index (χ0v) is 17.6. The van der Waals surface area contributed by atoms with Crippen molar-refractivity contribution in [1.82, 2.24) is 9.71 Å². The zero-order chi connectivity index (χ0) is 21.9. The number of hydrogen-bond acceptors (Lipinski definition) is 5. The van der Waals surface area contributed by atoms with Gasteiger partial charge < -0.3 is 10.1 Å². The number of benzene rings is 2. The SMILES string of the molecule is O=C(CCNS(=O)(=O)C=Cc1ccccc1)Nc1ccc(OCc2ccccc2)nc1. The summed E-state index contributed by atoms with van der Waals surface area (Å²) in [6.07, 6.45) is 2.98. The lowest BCUT2D eigenvalue weighted by molar-refractivity contribution is -0.116. The van der Waals surface area contributed by atoms with E-state index >= 15 is 0 Å². The lowest BCUT2D eigenvalue weighted by Crippen LogP contribution is -2.26. The Labute approximate surface area is 181 Å². The normalized spacial score (nSPS) is 11.4. The molecule has 8 heteroatoms. The molecule has 7 nitrogen and oxygen atoms in total. The van der Waals surface area contributed by atoms with E-state index in [9.17, 15) is 13.2 Å². The highest BCUT2D eigenvalue weighted by Crippen LogP contribution is 2.13. The third kappa shape index (κ3) is 8.04. The second-order valence-corrected chi connectivity index (χ2v) is 8.26. The van der Waals surface area contributed by atoms with E-state index in [0.717, 1.165) is 16.5 Å². The van der Waals surface area contributed by atoms with Crippen LogP contribution in [0.2, 0.25) is 0 Å². The molecule has 1 aromatic heterocycles. The summed E-state index contributed by atoms with van der Waals surface area (Å²) < 4.78 is 32.0. The van der Waals surface area contributed by atoms with Gasteiger partial charge in [-0.05, 0) is 23.3 Å². The van der Waals surface area contributed by atoms with Crippen molar-refractivity contribution in [3.05, 3.63) is 95.5 Å². The van der Waals surface area contributed by atoms with Crippen molar-refractivity contribution in [2.45, 2.75) is 13.0 Å². The smallest absolute Gasteiger partial charge is 0.233 e. The number of anilines is 1. The fourth-order valence-electron chi connectivity index (χ4n) is 2.58. The van der Waals surface area contributed by atoms with Crippen LogP contribution in [0.1, 0.15) is 17.5 Å². The second-order valence-electron chi connectivity index (χ2n) is 6.61. The minimum atomic E-state index is -3.62. The molecule has 2 N–H and O–H groups in total. The first-order chi connectivity index (χ1) is 15.0. The molecular formula is C23H23N3O4S. The van der Waals surface area contributed by atoms with E-state index in [2.05, 4.69) is 15.0 Å². The number of pyridine rings is 1. The Balaban J connectivity index is 1.40. The average Bonchev–Trinajstić information content (AvgIpc) is 2.79. The summed E-state index contributed by atoms with van der Waals surface area (Å²) in [7, 11) is -3.62. The molecule has 0 aliphatic carbocycles. The highest BCUT2D eigenvalue weighted by Gasteiger charge is 2.08. The fraction of sp³-hybridized carbons (Fsp3) is 0.130. The van der Waals surface area contributed by atoms with Gasteiger partial charge >= 0.3 is 0 Å². The van der Waals surface area contributed by atoms with E-state index in [1.165, 1.54) is 12.3 Å². The van der Waals surface area contributed by atoms with Crippen LogP contribution in [-0.4, -0.2) is 25.9 Å². The number of nitrogens with one attached hydrogen (secondary N) is 2. The molecule has 1 amide bonds. The molecule has 0 radical (unpaired) electrons. The van der Waals surface area contributed by atoms with Crippen LogP contribution in [0.3, 0.4) is 0 Å². The number of carbonyl (C=O) groups excluding carboxylic acids is 1. The lowest BCUT2D eigenvalue weighted by Gasteiger charge is -2.08. The quantitative estimate of drug-likeness (QED) is 0.505. The van der Waals surface area contributed by atoms with Crippen LogP contribution in [0.25, 0.3) is 6.08 Å². The van der Waals surface area contributed by atoms with Gasteiger partial charge in [0, 0.05) is 24.4 Å². The predicted octanol–water partition coefficient (Wildman–Crippen LogP) is 3.58.